The van der Waals surface area contributed by atoms with E-state index in [1.54, 1.807) is 0 Å². The molecule has 1 rings (SSSR count). The molecule has 0 aromatic rings. The molecule has 1 fully saturated rings. The first-order valence-corrected chi connectivity index (χ1v) is 4.36. The minimum absolute atomic E-state index is 0.0967. The Balaban J connectivity index is 2.20. The van der Waals surface area contributed by atoms with Gasteiger partial charge < -0.3 is 9.57 Å². The maximum atomic E-state index is 5.22. The fourth-order valence-electron chi connectivity index (χ4n) is 0.871. The van der Waals surface area contributed by atoms with Crippen molar-refractivity contribution in [3.63, 3.8) is 0 Å². The van der Waals surface area contributed by atoms with Gasteiger partial charge in [0.1, 0.15) is 0 Å². The smallest absolute Gasteiger partial charge is 0.152 e. The zero-order chi connectivity index (χ0) is 9.03. The fraction of sp³-hybridized carbons (Fsp3) is 0.889. The maximum absolute atomic E-state index is 5.22. The summed E-state index contributed by atoms with van der Waals surface area (Å²) in [5.74, 6) is 0. The molecule has 3 nitrogen and oxygen atoms in total. The third kappa shape index (κ3) is 3.72. The summed E-state index contributed by atoms with van der Waals surface area (Å²) in [6.07, 6.45) is 2.95. The summed E-state index contributed by atoms with van der Waals surface area (Å²) in [6.45, 7) is 7.75. The predicted octanol–water partition coefficient (Wildman–Crippen LogP) is 1.82. The van der Waals surface area contributed by atoms with Crippen molar-refractivity contribution < 1.29 is 9.57 Å². The van der Waals surface area contributed by atoms with E-state index in [4.69, 9.17) is 9.57 Å². The van der Waals surface area contributed by atoms with Gasteiger partial charge in [0, 0.05) is 18.1 Å². The zero-order valence-corrected chi connectivity index (χ0v) is 8.04. The van der Waals surface area contributed by atoms with Crippen LogP contribution in [0.2, 0.25) is 0 Å². The molecule has 1 heterocycles. The number of ether oxygens (including phenoxy) is 1. The van der Waals surface area contributed by atoms with E-state index in [9.17, 15) is 0 Å². The summed E-state index contributed by atoms with van der Waals surface area (Å²) in [4.78, 5) is 5.22. The van der Waals surface area contributed by atoms with Crippen molar-refractivity contribution in [3.8, 4) is 0 Å². The van der Waals surface area contributed by atoms with Crippen molar-refractivity contribution >= 4 is 6.21 Å². The Bertz CT molecular complexity index is 154. The van der Waals surface area contributed by atoms with Gasteiger partial charge in [-0.15, -0.1) is 0 Å². The summed E-state index contributed by atoms with van der Waals surface area (Å²) < 4.78 is 5.14. The number of rotatable bonds is 2. The molecule has 0 N–H and O–H groups in total. The number of oxime groups is 1. The van der Waals surface area contributed by atoms with E-state index in [2.05, 4.69) is 25.9 Å². The molecule has 1 atom stereocenters. The molecular weight excluding hydrogens is 154 g/mol. The lowest BCUT2D eigenvalue weighted by Crippen LogP contribution is -2.11. The molecule has 0 amide bonds. The first-order valence-electron chi connectivity index (χ1n) is 4.36. The molecule has 1 aliphatic rings. The standard InChI is InChI=1S/C9H17NO2/c1-9(2,3)7-10-12-8-4-5-11-6-8/h7-8H,4-6H2,1-3H3/b10-7+. The highest BCUT2D eigenvalue weighted by molar-refractivity contribution is 5.63. The molecule has 70 valence electrons. The summed E-state index contributed by atoms with van der Waals surface area (Å²) in [7, 11) is 0. The third-order valence-electron chi connectivity index (χ3n) is 1.54. The lowest BCUT2D eigenvalue weighted by molar-refractivity contribution is 0.0471. The van der Waals surface area contributed by atoms with Crippen LogP contribution in [0.4, 0.5) is 0 Å². The largest absolute Gasteiger partial charge is 0.390 e. The van der Waals surface area contributed by atoms with Crippen LogP contribution in [0.5, 0.6) is 0 Å². The van der Waals surface area contributed by atoms with Crippen molar-refractivity contribution in [2.24, 2.45) is 10.6 Å². The second kappa shape index (κ2) is 3.90. The number of hydrogen-bond donors (Lipinski definition) is 0. The Labute approximate surface area is 73.7 Å². The van der Waals surface area contributed by atoms with Gasteiger partial charge in [0.15, 0.2) is 6.10 Å². The van der Waals surface area contributed by atoms with Crippen LogP contribution >= 0.6 is 0 Å². The van der Waals surface area contributed by atoms with Gasteiger partial charge in [0.2, 0.25) is 0 Å². The van der Waals surface area contributed by atoms with Crippen molar-refractivity contribution in [2.45, 2.75) is 33.3 Å². The van der Waals surface area contributed by atoms with Gasteiger partial charge >= 0.3 is 0 Å². The lowest BCUT2D eigenvalue weighted by Gasteiger charge is -2.10. The van der Waals surface area contributed by atoms with E-state index in [0.717, 1.165) is 13.0 Å². The molecule has 0 saturated carbocycles. The molecule has 0 aromatic carbocycles. The van der Waals surface area contributed by atoms with Crippen molar-refractivity contribution in [3.05, 3.63) is 0 Å². The second-order valence-corrected chi connectivity index (χ2v) is 4.19. The normalized spacial score (nSPS) is 25.1. The minimum atomic E-state index is 0.0967. The van der Waals surface area contributed by atoms with Gasteiger partial charge in [-0.2, -0.15) is 0 Å². The van der Waals surface area contributed by atoms with Crippen LogP contribution in [-0.2, 0) is 9.57 Å². The summed E-state index contributed by atoms with van der Waals surface area (Å²) in [6, 6.07) is 0. The summed E-state index contributed by atoms with van der Waals surface area (Å²) in [5, 5.41) is 3.92. The Morgan fingerprint density at radius 3 is 2.75 bits per heavy atom. The molecule has 0 spiro atoms. The summed E-state index contributed by atoms with van der Waals surface area (Å²) in [5.41, 5.74) is 0.0967. The molecule has 1 unspecified atom stereocenters. The summed E-state index contributed by atoms with van der Waals surface area (Å²) >= 11 is 0. The Hall–Kier alpha value is -0.570. The van der Waals surface area contributed by atoms with E-state index in [1.165, 1.54) is 0 Å². The van der Waals surface area contributed by atoms with E-state index < -0.39 is 0 Å². The van der Waals surface area contributed by atoms with Crippen molar-refractivity contribution in [1.82, 2.24) is 0 Å². The van der Waals surface area contributed by atoms with E-state index in [-0.39, 0.29) is 11.5 Å². The van der Waals surface area contributed by atoms with E-state index in [1.807, 2.05) is 6.21 Å². The number of nitrogens with zero attached hydrogens (tertiary/aromatic N) is 1. The molecule has 0 bridgehead atoms. The van der Waals surface area contributed by atoms with Gasteiger partial charge in [-0.05, 0) is 0 Å². The first kappa shape index (κ1) is 9.52. The zero-order valence-electron chi connectivity index (χ0n) is 8.04. The van der Waals surface area contributed by atoms with Gasteiger partial charge in [0.05, 0.1) is 13.2 Å². The van der Waals surface area contributed by atoms with Crippen molar-refractivity contribution in [2.75, 3.05) is 13.2 Å². The molecule has 0 aromatic heterocycles. The van der Waals surface area contributed by atoms with Gasteiger partial charge in [-0.25, -0.2) is 0 Å². The van der Waals surface area contributed by atoms with Crippen LogP contribution in [0.25, 0.3) is 0 Å². The quantitative estimate of drug-likeness (QED) is 0.468. The van der Waals surface area contributed by atoms with Crippen LogP contribution in [0.3, 0.4) is 0 Å². The fourth-order valence-corrected chi connectivity index (χ4v) is 0.871. The highest BCUT2D eigenvalue weighted by Crippen LogP contribution is 2.11. The maximum Gasteiger partial charge on any atom is 0.152 e. The molecule has 1 saturated heterocycles. The van der Waals surface area contributed by atoms with Crippen LogP contribution in [0.1, 0.15) is 27.2 Å². The van der Waals surface area contributed by atoms with E-state index >= 15 is 0 Å². The minimum Gasteiger partial charge on any atom is -0.390 e. The Morgan fingerprint density at radius 2 is 2.25 bits per heavy atom. The van der Waals surface area contributed by atoms with Gasteiger partial charge in [0.25, 0.3) is 0 Å². The van der Waals surface area contributed by atoms with Crippen molar-refractivity contribution in [1.29, 1.82) is 0 Å². The van der Waals surface area contributed by atoms with Crippen LogP contribution < -0.4 is 0 Å². The second-order valence-electron chi connectivity index (χ2n) is 4.19. The average Bonchev–Trinajstić information content (AvgIpc) is 2.36. The van der Waals surface area contributed by atoms with Gasteiger partial charge in [-0.1, -0.05) is 25.9 Å². The van der Waals surface area contributed by atoms with Crippen LogP contribution in [0.15, 0.2) is 5.16 Å². The topological polar surface area (TPSA) is 30.8 Å². The molecular formula is C9H17NO2. The first-order chi connectivity index (χ1) is 5.58. The van der Waals surface area contributed by atoms with Gasteiger partial charge in [-0.3, -0.25) is 0 Å². The van der Waals surface area contributed by atoms with Crippen LogP contribution in [0, 0.1) is 5.41 Å². The molecule has 1 aliphatic heterocycles. The lowest BCUT2D eigenvalue weighted by atomic mass is 10.00. The Morgan fingerprint density at radius 1 is 1.50 bits per heavy atom. The van der Waals surface area contributed by atoms with Crippen LogP contribution in [-0.4, -0.2) is 25.5 Å². The predicted molar refractivity (Wildman–Crippen MR) is 48.3 cm³/mol. The molecule has 3 heteroatoms. The third-order valence-corrected chi connectivity index (χ3v) is 1.54. The highest BCUT2D eigenvalue weighted by Gasteiger charge is 2.16. The molecule has 12 heavy (non-hydrogen) atoms. The SMILES string of the molecule is CC(C)(C)/C=N/OC1CCOC1. The Kier molecular flexibility index (Phi) is 3.09. The highest BCUT2D eigenvalue weighted by atomic mass is 16.7. The molecule has 0 radical (unpaired) electrons. The average molecular weight is 171 g/mol. The number of hydrogen-bond acceptors (Lipinski definition) is 3. The molecule has 0 aliphatic carbocycles. The monoisotopic (exact) mass is 171 g/mol. The van der Waals surface area contributed by atoms with E-state index in [0.29, 0.717) is 6.61 Å².